The molecule has 2 heterocycles. The molecule has 8 heteroatoms. The number of nitrogens with zero attached hydrogens (tertiary/aromatic N) is 2. The van der Waals surface area contributed by atoms with Crippen molar-refractivity contribution in [2.75, 3.05) is 24.9 Å². The second-order valence-corrected chi connectivity index (χ2v) is 8.79. The molecular weight excluding hydrogens is 464 g/mol. The van der Waals surface area contributed by atoms with Crippen LogP contribution in [0.5, 0.6) is 11.6 Å². The van der Waals surface area contributed by atoms with Crippen molar-refractivity contribution >= 4 is 39.9 Å². The number of fused-ring (bicyclic) bond motifs is 1. The van der Waals surface area contributed by atoms with Gasteiger partial charge < -0.3 is 14.8 Å². The second kappa shape index (κ2) is 10.2. The first kappa shape index (κ1) is 24.3. The molecule has 0 saturated heterocycles. The molecule has 0 fully saturated rings. The van der Waals surface area contributed by atoms with E-state index in [4.69, 9.17) is 21.1 Å². The Balaban J connectivity index is 1.81. The standard InChI is InChI=1S/C27H27ClN4O3/c1-15(2)17-10-11-21-19(13-17)24(18-8-6-7-9-20(18)28)22(14-29-21)31-27(33)32-25-23(34-4)12-16(3)30-26(25)35-5/h6-15H,1-5H3,(H2,31,32,33). The van der Waals surface area contributed by atoms with E-state index in [9.17, 15) is 4.79 Å². The molecule has 2 amide bonds. The van der Waals surface area contributed by atoms with Crippen molar-refractivity contribution in [3.8, 4) is 22.8 Å². The Bertz CT molecular complexity index is 1380. The van der Waals surface area contributed by atoms with Crippen molar-refractivity contribution < 1.29 is 14.3 Å². The van der Waals surface area contributed by atoms with Crippen LogP contribution < -0.4 is 20.1 Å². The maximum Gasteiger partial charge on any atom is 0.324 e. The van der Waals surface area contributed by atoms with Gasteiger partial charge in [-0.15, -0.1) is 0 Å². The second-order valence-electron chi connectivity index (χ2n) is 8.39. The van der Waals surface area contributed by atoms with Crippen LogP contribution in [-0.4, -0.2) is 30.2 Å². The lowest BCUT2D eigenvalue weighted by Crippen LogP contribution is -2.21. The van der Waals surface area contributed by atoms with Gasteiger partial charge in [0.05, 0.1) is 31.6 Å². The Morgan fingerprint density at radius 3 is 2.49 bits per heavy atom. The smallest absolute Gasteiger partial charge is 0.324 e. The van der Waals surface area contributed by atoms with Gasteiger partial charge in [0.25, 0.3) is 0 Å². The molecule has 0 bridgehead atoms. The molecule has 4 rings (SSSR count). The SMILES string of the molecule is COc1cc(C)nc(OC)c1NC(=O)Nc1cnc2ccc(C(C)C)cc2c1-c1ccccc1Cl. The highest BCUT2D eigenvalue weighted by molar-refractivity contribution is 6.34. The third kappa shape index (κ3) is 5.00. The number of rotatable bonds is 6. The number of benzene rings is 2. The summed E-state index contributed by atoms with van der Waals surface area (Å²) in [5, 5.41) is 7.21. The van der Waals surface area contributed by atoms with Crippen LogP contribution in [0.3, 0.4) is 0 Å². The minimum absolute atomic E-state index is 0.251. The molecule has 0 unspecified atom stereocenters. The fourth-order valence-electron chi connectivity index (χ4n) is 3.92. The van der Waals surface area contributed by atoms with Gasteiger partial charge in [0.1, 0.15) is 11.4 Å². The van der Waals surface area contributed by atoms with Crippen molar-refractivity contribution in [1.82, 2.24) is 9.97 Å². The predicted molar refractivity (Wildman–Crippen MR) is 141 cm³/mol. The zero-order chi connectivity index (χ0) is 25.1. The van der Waals surface area contributed by atoms with E-state index in [1.807, 2.05) is 37.3 Å². The van der Waals surface area contributed by atoms with Gasteiger partial charge in [0, 0.05) is 33.3 Å². The maximum atomic E-state index is 13.2. The van der Waals surface area contributed by atoms with E-state index in [0.29, 0.717) is 33.8 Å². The van der Waals surface area contributed by atoms with Crippen LogP contribution in [0.25, 0.3) is 22.0 Å². The zero-order valence-corrected chi connectivity index (χ0v) is 21.0. The quantitative estimate of drug-likeness (QED) is 0.302. The number of carbonyl (C=O) groups is 1. The molecule has 2 N–H and O–H groups in total. The van der Waals surface area contributed by atoms with Gasteiger partial charge in [0.15, 0.2) is 0 Å². The van der Waals surface area contributed by atoms with E-state index >= 15 is 0 Å². The molecule has 0 aliphatic heterocycles. The number of hydrogen-bond acceptors (Lipinski definition) is 5. The highest BCUT2D eigenvalue weighted by atomic mass is 35.5. The topological polar surface area (TPSA) is 85.4 Å². The van der Waals surface area contributed by atoms with Gasteiger partial charge in [-0.2, -0.15) is 0 Å². The number of nitrogens with one attached hydrogen (secondary N) is 2. The lowest BCUT2D eigenvalue weighted by atomic mass is 9.95. The fourth-order valence-corrected chi connectivity index (χ4v) is 4.15. The van der Waals surface area contributed by atoms with E-state index in [0.717, 1.165) is 27.6 Å². The number of anilines is 2. The van der Waals surface area contributed by atoms with Crippen LogP contribution in [0.1, 0.15) is 31.0 Å². The number of hydrogen-bond donors (Lipinski definition) is 2. The summed E-state index contributed by atoms with van der Waals surface area (Å²) in [5.74, 6) is 1.02. The van der Waals surface area contributed by atoms with Gasteiger partial charge in [-0.25, -0.2) is 9.78 Å². The average Bonchev–Trinajstić information content (AvgIpc) is 2.84. The summed E-state index contributed by atoms with van der Waals surface area (Å²) in [7, 11) is 3.01. The molecule has 180 valence electrons. The van der Waals surface area contributed by atoms with Crippen molar-refractivity contribution in [1.29, 1.82) is 0 Å². The number of aromatic nitrogens is 2. The summed E-state index contributed by atoms with van der Waals surface area (Å²) in [6.07, 6.45) is 1.64. The first-order chi connectivity index (χ1) is 16.8. The Labute approximate surface area is 209 Å². The first-order valence-electron chi connectivity index (χ1n) is 11.2. The van der Waals surface area contributed by atoms with Crippen LogP contribution in [0.2, 0.25) is 5.02 Å². The monoisotopic (exact) mass is 490 g/mol. The molecule has 4 aromatic rings. The molecule has 2 aromatic carbocycles. The van der Waals surface area contributed by atoms with Crippen molar-refractivity contribution in [2.45, 2.75) is 26.7 Å². The van der Waals surface area contributed by atoms with Crippen LogP contribution >= 0.6 is 11.6 Å². The van der Waals surface area contributed by atoms with Crippen molar-refractivity contribution in [3.05, 3.63) is 71.0 Å². The summed E-state index contributed by atoms with van der Waals surface area (Å²) in [5.41, 5.74) is 5.10. The molecule has 0 spiro atoms. The summed E-state index contributed by atoms with van der Waals surface area (Å²) in [6.45, 7) is 6.09. The number of urea groups is 1. The minimum atomic E-state index is -0.498. The maximum absolute atomic E-state index is 13.2. The summed E-state index contributed by atoms with van der Waals surface area (Å²) < 4.78 is 10.8. The van der Waals surface area contributed by atoms with Crippen molar-refractivity contribution in [2.24, 2.45) is 0 Å². The highest BCUT2D eigenvalue weighted by Crippen LogP contribution is 2.40. The molecule has 35 heavy (non-hydrogen) atoms. The number of methoxy groups -OCH3 is 2. The summed E-state index contributed by atoms with van der Waals surface area (Å²) in [4.78, 5) is 22.1. The van der Waals surface area contributed by atoms with E-state index < -0.39 is 6.03 Å². The number of ether oxygens (including phenoxy) is 2. The molecule has 0 aliphatic rings. The molecule has 0 radical (unpaired) electrons. The number of pyridine rings is 2. The molecular formula is C27H27ClN4O3. The van der Waals surface area contributed by atoms with Crippen LogP contribution in [0.4, 0.5) is 16.2 Å². The molecule has 0 saturated carbocycles. The van der Waals surface area contributed by atoms with Crippen LogP contribution in [-0.2, 0) is 0 Å². The zero-order valence-electron chi connectivity index (χ0n) is 20.3. The fraction of sp³-hybridized carbons (Fsp3) is 0.222. The van der Waals surface area contributed by atoms with E-state index in [1.165, 1.54) is 14.2 Å². The lowest BCUT2D eigenvalue weighted by molar-refractivity contribution is 0.262. The number of amides is 2. The average molecular weight is 491 g/mol. The van der Waals surface area contributed by atoms with E-state index in [2.05, 4.69) is 46.6 Å². The largest absolute Gasteiger partial charge is 0.494 e. The summed E-state index contributed by atoms with van der Waals surface area (Å²) >= 11 is 6.60. The molecule has 0 aliphatic carbocycles. The Hall–Kier alpha value is -3.84. The van der Waals surface area contributed by atoms with Gasteiger partial charge in [-0.1, -0.05) is 49.7 Å². The van der Waals surface area contributed by atoms with Crippen molar-refractivity contribution in [3.63, 3.8) is 0 Å². The van der Waals surface area contributed by atoms with Gasteiger partial charge in [0.2, 0.25) is 5.88 Å². The van der Waals surface area contributed by atoms with E-state index in [-0.39, 0.29) is 5.88 Å². The highest BCUT2D eigenvalue weighted by Gasteiger charge is 2.20. The van der Waals surface area contributed by atoms with Crippen LogP contribution in [0.15, 0.2) is 54.7 Å². The molecule has 7 nitrogen and oxygen atoms in total. The minimum Gasteiger partial charge on any atom is -0.494 e. The Morgan fingerprint density at radius 2 is 1.80 bits per heavy atom. The Kier molecular flexibility index (Phi) is 7.07. The van der Waals surface area contributed by atoms with Crippen LogP contribution in [0, 0.1) is 6.92 Å². The van der Waals surface area contributed by atoms with Gasteiger partial charge in [-0.3, -0.25) is 10.3 Å². The molecule has 2 aromatic heterocycles. The van der Waals surface area contributed by atoms with E-state index in [1.54, 1.807) is 12.3 Å². The Morgan fingerprint density at radius 1 is 1.03 bits per heavy atom. The number of aryl methyl sites for hydroxylation is 1. The third-order valence-corrected chi connectivity index (χ3v) is 6.01. The third-order valence-electron chi connectivity index (χ3n) is 5.68. The normalized spacial score (nSPS) is 10.9. The molecule has 0 atom stereocenters. The predicted octanol–water partition coefficient (Wildman–Crippen LogP) is 7.04. The van der Waals surface area contributed by atoms with Gasteiger partial charge >= 0.3 is 6.03 Å². The lowest BCUT2D eigenvalue weighted by Gasteiger charge is -2.18. The van der Waals surface area contributed by atoms with Gasteiger partial charge in [-0.05, 0) is 36.6 Å². The summed E-state index contributed by atoms with van der Waals surface area (Å²) in [6, 6.07) is 14.9. The number of carbonyl (C=O) groups excluding carboxylic acids is 1. The first-order valence-corrected chi connectivity index (χ1v) is 11.5. The number of halogens is 1.